The molecule has 0 aromatic carbocycles. The number of nitrogens with two attached hydrogens (primary N) is 1. The molecule has 2 nitrogen and oxygen atoms in total. The Bertz CT molecular complexity index is 68.2. The lowest BCUT2D eigenvalue weighted by molar-refractivity contribution is 0.408. The smallest absolute Gasteiger partial charge is 0.00335 e. The average Bonchev–Trinajstić information content (AvgIpc) is 2.04. The van der Waals surface area contributed by atoms with Gasteiger partial charge in [-0.3, -0.25) is 0 Å². The van der Waals surface area contributed by atoms with Crippen LogP contribution in [0.1, 0.15) is 40.0 Å². The third kappa shape index (κ3) is 16.5. The first kappa shape index (κ1) is 14.4. The van der Waals surface area contributed by atoms with Gasteiger partial charge in [0.1, 0.15) is 0 Å². The van der Waals surface area contributed by atoms with Crippen LogP contribution in [0, 0.1) is 0 Å². The van der Waals surface area contributed by atoms with Gasteiger partial charge in [0, 0.05) is 6.04 Å². The predicted molar refractivity (Wildman–Crippen MR) is 57.4 cm³/mol. The van der Waals surface area contributed by atoms with Crippen molar-refractivity contribution in [3.8, 4) is 0 Å². The van der Waals surface area contributed by atoms with Crippen molar-refractivity contribution in [2.45, 2.75) is 46.1 Å². The van der Waals surface area contributed by atoms with Crippen LogP contribution < -0.4 is 5.73 Å². The molecule has 0 aliphatic heterocycles. The van der Waals surface area contributed by atoms with Crippen LogP contribution in [-0.4, -0.2) is 31.6 Å². The molecule has 2 N–H and O–H groups in total. The molecule has 0 aliphatic carbocycles. The van der Waals surface area contributed by atoms with E-state index >= 15 is 0 Å². The Morgan fingerprint density at radius 2 is 1.50 bits per heavy atom. The highest BCUT2D eigenvalue weighted by Gasteiger charge is 1.88. The van der Waals surface area contributed by atoms with Crippen LogP contribution in [0.2, 0.25) is 0 Å². The molecule has 0 unspecified atom stereocenters. The van der Waals surface area contributed by atoms with Crippen LogP contribution >= 0.6 is 0 Å². The normalized spacial score (nSPS) is 10.0. The minimum atomic E-state index is 0.435. The number of rotatable bonds is 4. The highest BCUT2D eigenvalue weighted by atomic mass is 15.0. The van der Waals surface area contributed by atoms with Crippen molar-refractivity contribution >= 4 is 0 Å². The molecule has 0 saturated heterocycles. The highest BCUT2D eigenvalue weighted by Crippen LogP contribution is 1.88. The fraction of sp³-hybridized carbons (Fsp3) is 1.00. The van der Waals surface area contributed by atoms with Crippen LogP contribution in [0.5, 0.6) is 0 Å². The number of hydrogen-bond acceptors (Lipinski definition) is 2. The number of hydrogen-bond donors (Lipinski definition) is 1. The van der Waals surface area contributed by atoms with Gasteiger partial charge in [-0.15, -0.1) is 0 Å². The fourth-order valence-corrected chi connectivity index (χ4v) is 0.736. The van der Waals surface area contributed by atoms with E-state index in [1.165, 1.54) is 13.0 Å². The predicted octanol–water partition coefficient (Wildman–Crippen LogP) is 2.09. The summed E-state index contributed by atoms with van der Waals surface area (Å²) < 4.78 is 0. The van der Waals surface area contributed by atoms with Crippen LogP contribution in [0.4, 0.5) is 0 Å². The standard InChI is InChI=1S/2C5H13N/c1-4-5-6(2)3;1-3-5(6)4-2/h4-5H2,1-3H3;5H,3-4,6H2,1-2H3. The third-order valence-electron chi connectivity index (χ3n) is 1.72. The van der Waals surface area contributed by atoms with Gasteiger partial charge < -0.3 is 10.6 Å². The number of nitrogens with zero attached hydrogens (tertiary/aromatic N) is 1. The maximum Gasteiger partial charge on any atom is 0.00335 e. The van der Waals surface area contributed by atoms with Crippen molar-refractivity contribution in [2.75, 3.05) is 20.6 Å². The summed E-state index contributed by atoms with van der Waals surface area (Å²) in [5.74, 6) is 0. The molecule has 0 atom stereocenters. The Balaban J connectivity index is 0. The van der Waals surface area contributed by atoms with Crippen LogP contribution in [0.15, 0.2) is 0 Å². The van der Waals surface area contributed by atoms with E-state index in [0.29, 0.717) is 6.04 Å². The molecule has 0 heterocycles. The molecule has 0 bridgehead atoms. The minimum absolute atomic E-state index is 0.435. The molecule has 0 aromatic rings. The van der Waals surface area contributed by atoms with Crippen molar-refractivity contribution in [1.29, 1.82) is 0 Å². The first-order valence-electron chi connectivity index (χ1n) is 4.98. The lowest BCUT2D eigenvalue weighted by Crippen LogP contribution is -2.16. The van der Waals surface area contributed by atoms with Crippen molar-refractivity contribution < 1.29 is 0 Å². The monoisotopic (exact) mass is 174 g/mol. The molecule has 0 fully saturated rings. The third-order valence-corrected chi connectivity index (χ3v) is 1.72. The van der Waals surface area contributed by atoms with Gasteiger partial charge in [0.25, 0.3) is 0 Å². The lowest BCUT2D eigenvalue weighted by Gasteiger charge is -2.03. The van der Waals surface area contributed by atoms with E-state index in [0.717, 1.165) is 12.8 Å². The second kappa shape index (κ2) is 10.9. The summed E-state index contributed by atoms with van der Waals surface area (Å²) in [7, 11) is 4.17. The van der Waals surface area contributed by atoms with E-state index in [9.17, 15) is 0 Å². The van der Waals surface area contributed by atoms with E-state index in [-0.39, 0.29) is 0 Å². The lowest BCUT2D eigenvalue weighted by atomic mass is 10.2. The average molecular weight is 174 g/mol. The zero-order valence-corrected chi connectivity index (χ0v) is 9.43. The van der Waals surface area contributed by atoms with Gasteiger partial charge >= 0.3 is 0 Å². The van der Waals surface area contributed by atoms with Gasteiger partial charge in [0.15, 0.2) is 0 Å². The minimum Gasteiger partial charge on any atom is -0.328 e. The molecule has 0 aliphatic rings. The highest BCUT2D eigenvalue weighted by molar-refractivity contribution is 4.51. The van der Waals surface area contributed by atoms with E-state index in [1.54, 1.807) is 0 Å². The molecule has 0 aromatic heterocycles. The van der Waals surface area contributed by atoms with Crippen LogP contribution in [-0.2, 0) is 0 Å². The van der Waals surface area contributed by atoms with Gasteiger partial charge in [-0.1, -0.05) is 20.8 Å². The molecule has 2 heteroatoms. The second-order valence-electron chi connectivity index (χ2n) is 3.38. The Morgan fingerprint density at radius 1 is 1.08 bits per heavy atom. The van der Waals surface area contributed by atoms with E-state index in [2.05, 4.69) is 39.8 Å². The molecule has 0 amide bonds. The molecular formula is C10H26N2. The van der Waals surface area contributed by atoms with Gasteiger partial charge in [-0.25, -0.2) is 0 Å². The summed E-state index contributed by atoms with van der Waals surface area (Å²) in [5, 5.41) is 0. The first-order chi connectivity index (χ1) is 5.58. The van der Waals surface area contributed by atoms with Gasteiger partial charge in [-0.2, -0.15) is 0 Å². The quantitative estimate of drug-likeness (QED) is 0.707. The van der Waals surface area contributed by atoms with Crippen molar-refractivity contribution in [3.05, 3.63) is 0 Å². The first-order valence-corrected chi connectivity index (χ1v) is 4.98. The Morgan fingerprint density at radius 3 is 1.50 bits per heavy atom. The molecule has 0 saturated carbocycles. The largest absolute Gasteiger partial charge is 0.328 e. The molecule has 12 heavy (non-hydrogen) atoms. The molecule has 0 radical (unpaired) electrons. The summed E-state index contributed by atoms with van der Waals surface area (Å²) in [6.45, 7) is 7.60. The Kier molecular flexibility index (Phi) is 13.1. The second-order valence-corrected chi connectivity index (χ2v) is 3.38. The molecular weight excluding hydrogens is 148 g/mol. The van der Waals surface area contributed by atoms with Gasteiger partial charge in [-0.05, 0) is 39.9 Å². The summed E-state index contributed by atoms with van der Waals surface area (Å²) in [6, 6.07) is 0.435. The summed E-state index contributed by atoms with van der Waals surface area (Å²) in [4.78, 5) is 2.18. The fourth-order valence-electron chi connectivity index (χ4n) is 0.736. The van der Waals surface area contributed by atoms with E-state index in [4.69, 9.17) is 5.73 Å². The topological polar surface area (TPSA) is 29.3 Å². The van der Waals surface area contributed by atoms with Crippen LogP contribution in [0.3, 0.4) is 0 Å². The molecule has 0 rings (SSSR count). The SMILES string of the molecule is CCC(N)CC.CCCN(C)C. The van der Waals surface area contributed by atoms with Crippen molar-refractivity contribution in [3.63, 3.8) is 0 Å². The van der Waals surface area contributed by atoms with E-state index in [1.807, 2.05) is 0 Å². The molecule has 0 spiro atoms. The van der Waals surface area contributed by atoms with Gasteiger partial charge in [0.2, 0.25) is 0 Å². The molecule has 76 valence electrons. The summed E-state index contributed by atoms with van der Waals surface area (Å²) in [5.41, 5.74) is 5.47. The van der Waals surface area contributed by atoms with Crippen LogP contribution in [0.25, 0.3) is 0 Å². The summed E-state index contributed by atoms with van der Waals surface area (Å²) in [6.07, 6.45) is 3.47. The van der Waals surface area contributed by atoms with Gasteiger partial charge in [0.05, 0.1) is 0 Å². The van der Waals surface area contributed by atoms with Crippen molar-refractivity contribution in [2.24, 2.45) is 5.73 Å². The van der Waals surface area contributed by atoms with Crippen molar-refractivity contribution in [1.82, 2.24) is 4.90 Å². The van der Waals surface area contributed by atoms with E-state index < -0.39 is 0 Å². The maximum absolute atomic E-state index is 5.47. The Hall–Kier alpha value is -0.0800. The zero-order chi connectivity index (χ0) is 9.98. The summed E-state index contributed by atoms with van der Waals surface area (Å²) >= 11 is 0. The maximum atomic E-state index is 5.47. The Labute approximate surface area is 78.1 Å². The zero-order valence-electron chi connectivity index (χ0n) is 9.43.